The van der Waals surface area contributed by atoms with E-state index in [0.29, 0.717) is 11.5 Å². The topological polar surface area (TPSA) is 56.8 Å². The maximum absolute atomic E-state index is 12.3. The van der Waals surface area contributed by atoms with Gasteiger partial charge in [0, 0.05) is 5.56 Å². The molecule has 140 valence electrons. The van der Waals surface area contributed by atoms with Gasteiger partial charge < -0.3 is 19.5 Å². The molecule has 2 aromatic rings. The maximum atomic E-state index is 12.3. The zero-order valence-corrected chi connectivity index (χ0v) is 16.3. The van der Waals surface area contributed by atoms with Gasteiger partial charge in [-0.3, -0.25) is 4.79 Å². The molecule has 0 aliphatic heterocycles. The Morgan fingerprint density at radius 1 is 1.04 bits per heavy atom. The molecule has 5 heteroatoms. The van der Waals surface area contributed by atoms with Gasteiger partial charge in [0.1, 0.15) is 17.2 Å². The number of amides is 1. The highest BCUT2D eigenvalue weighted by Gasteiger charge is 2.16. The molecule has 1 unspecified atom stereocenters. The number of nitrogens with one attached hydrogen (secondary N) is 1. The SMILES string of the molecule is COc1ccc(OC)c(C(C)NC(=O)COc2cc(C)cc(C)c2C)c1. The summed E-state index contributed by atoms with van der Waals surface area (Å²) < 4.78 is 16.4. The smallest absolute Gasteiger partial charge is 0.258 e. The predicted molar refractivity (Wildman–Crippen MR) is 102 cm³/mol. The highest BCUT2D eigenvalue weighted by atomic mass is 16.5. The van der Waals surface area contributed by atoms with Gasteiger partial charge in [0.15, 0.2) is 6.61 Å². The second-order valence-electron chi connectivity index (χ2n) is 6.39. The lowest BCUT2D eigenvalue weighted by Crippen LogP contribution is -2.31. The first-order valence-corrected chi connectivity index (χ1v) is 8.57. The molecular weight excluding hydrogens is 330 g/mol. The summed E-state index contributed by atoms with van der Waals surface area (Å²) in [6.07, 6.45) is 0. The molecule has 0 saturated heterocycles. The Balaban J connectivity index is 2.04. The van der Waals surface area contributed by atoms with E-state index in [4.69, 9.17) is 14.2 Å². The molecule has 0 spiro atoms. The molecule has 0 saturated carbocycles. The van der Waals surface area contributed by atoms with Crippen molar-refractivity contribution in [2.45, 2.75) is 33.7 Å². The van der Waals surface area contributed by atoms with Crippen LogP contribution in [0.15, 0.2) is 30.3 Å². The fourth-order valence-corrected chi connectivity index (χ4v) is 2.83. The van der Waals surface area contributed by atoms with Crippen molar-refractivity contribution in [3.8, 4) is 17.2 Å². The van der Waals surface area contributed by atoms with E-state index in [1.807, 2.05) is 52.0 Å². The van der Waals surface area contributed by atoms with Gasteiger partial charge in [0.05, 0.1) is 20.3 Å². The molecule has 2 aromatic carbocycles. The Morgan fingerprint density at radius 3 is 2.42 bits per heavy atom. The molecule has 26 heavy (non-hydrogen) atoms. The third kappa shape index (κ3) is 4.69. The van der Waals surface area contributed by atoms with Crippen LogP contribution in [0.3, 0.4) is 0 Å². The summed E-state index contributed by atoms with van der Waals surface area (Å²) in [6.45, 7) is 7.90. The van der Waals surface area contributed by atoms with Crippen LogP contribution in [0.4, 0.5) is 0 Å². The lowest BCUT2D eigenvalue weighted by Gasteiger charge is -2.19. The van der Waals surface area contributed by atoms with Crippen LogP contribution in [0.25, 0.3) is 0 Å². The Labute approximate surface area is 155 Å². The minimum absolute atomic E-state index is 0.0413. The molecule has 2 rings (SSSR count). The number of ether oxygens (including phenoxy) is 3. The molecule has 1 amide bonds. The van der Waals surface area contributed by atoms with Crippen LogP contribution in [0, 0.1) is 20.8 Å². The summed E-state index contributed by atoms with van der Waals surface area (Å²) >= 11 is 0. The Hall–Kier alpha value is -2.69. The van der Waals surface area contributed by atoms with Gasteiger partial charge in [-0.2, -0.15) is 0 Å². The third-order valence-electron chi connectivity index (χ3n) is 4.40. The van der Waals surface area contributed by atoms with E-state index in [2.05, 4.69) is 11.4 Å². The van der Waals surface area contributed by atoms with E-state index < -0.39 is 0 Å². The number of carbonyl (C=O) groups excluding carboxylic acids is 1. The first-order valence-electron chi connectivity index (χ1n) is 8.57. The molecule has 0 heterocycles. The van der Waals surface area contributed by atoms with Crippen molar-refractivity contribution in [2.24, 2.45) is 0 Å². The van der Waals surface area contributed by atoms with Crippen molar-refractivity contribution < 1.29 is 19.0 Å². The number of hydrogen-bond acceptors (Lipinski definition) is 4. The molecule has 0 radical (unpaired) electrons. The monoisotopic (exact) mass is 357 g/mol. The van der Waals surface area contributed by atoms with E-state index in [1.165, 1.54) is 0 Å². The van der Waals surface area contributed by atoms with Gasteiger partial charge >= 0.3 is 0 Å². The molecular formula is C21H27NO4. The Bertz CT molecular complexity index is 786. The van der Waals surface area contributed by atoms with Crippen LogP contribution in [0.5, 0.6) is 17.2 Å². The molecule has 0 fully saturated rings. The molecule has 0 aliphatic rings. The minimum Gasteiger partial charge on any atom is -0.497 e. The van der Waals surface area contributed by atoms with Crippen molar-refractivity contribution in [3.63, 3.8) is 0 Å². The Kier molecular flexibility index (Phi) is 6.50. The van der Waals surface area contributed by atoms with Crippen LogP contribution in [0.2, 0.25) is 0 Å². The second kappa shape index (κ2) is 8.61. The van der Waals surface area contributed by atoms with Crippen molar-refractivity contribution in [1.29, 1.82) is 0 Å². The van der Waals surface area contributed by atoms with E-state index >= 15 is 0 Å². The molecule has 1 N–H and O–H groups in total. The van der Waals surface area contributed by atoms with Gasteiger partial charge in [0.2, 0.25) is 0 Å². The van der Waals surface area contributed by atoms with Crippen molar-refractivity contribution >= 4 is 5.91 Å². The van der Waals surface area contributed by atoms with Crippen molar-refractivity contribution in [1.82, 2.24) is 5.32 Å². The first kappa shape index (κ1) is 19.6. The van der Waals surface area contributed by atoms with Gasteiger partial charge in [-0.05, 0) is 68.7 Å². The van der Waals surface area contributed by atoms with Gasteiger partial charge in [-0.25, -0.2) is 0 Å². The third-order valence-corrected chi connectivity index (χ3v) is 4.40. The summed E-state index contributed by atoms with van der Waals surface area (Å²) in [6, 6.07) is 9.31. The average molecular weight is 357 g/mol. The summed E-state index contributed by atoms with van der Waals surface area (Å²) in [5, 5.41) is 2.94. The fourth-order valence-electron chi connectivity index (χ4n) is 2.83. The number of benzene rings is 2. The van der Waals surface area contributed by atoms with Gasteiger partial charge in [-0.15, -0.1) is 0 Å². The highest BCUT2D eigenvalue weighted by molar-refractivity contribution is 5.78. The van der Waals surface area contributed by atoms with E-state index in [-0.39, 0.29) is 18.6 Å². The summed E-state index contributed by atoms with van der Waals surface area (Å²) in [7, 11) is 3.21. The lowest BCUT2D eigenvalue weighted by molar-refractivity contribution is -0.123. The number of methoxy groups -OCH3 is 2. The average Bonchev–Trinajstić information content (AvgIpc) is 2.62. The van der Waals surface area contributed by atoms with Crippen LogP contribution in [0.1, 0.15) is 35.2 Å². The predicted octanol–water partition coefficient (Wildman–Crippen LogP) is 3.89. The van der Waals surface area contributed by atoms with E-state index in [0.717, 1.165) is 28.0 Å². The fraction of sp³-hybridized carbons (Fsp3) is 0.381. The zero-order chi connectivity index (χ0) is 19.3. The first-order chi connectivity index (χ1) is 12.3. The number of aryl methyl sites for hydroxylation is 2. The van der Waals surface area contributed by atoms with Crippen molar-refractivity contribution in [2.75, 3.05) is 20.8 Å². The number of hydrogen-bond donors (Lipinski definition) is 1. The molecule has 0 aliphatic carbocycles. The molecule has 5 nitrogen and oxygen atoms in total. The van der Waals surface area contributed by atoms with Crippen LogP contribution in [-0.2, 0) is 4.79 Å². The largest absolute Gasteiger partial charge is 0.497 e. The normalized spacial score (nSPS) is 11.6. The lowest BCUT2D eigenvalue weighted by atomic mass is 10.1. The molecule has 0 bridgehead atoms. The minimum atomic E-state index is -0.239. The van der Waals surface area contributed by atoms with Gasteiger partial charge in [-0.1, -0.05) is 6.07 Å². The second-order valence-corrected chi connectivity index (χ2v) is 6.39. The Morgan fingerprint density at radius 2 is 1.77 bits per heavy atom. The van der Waals surface area contributed by atoms with Crippen LogP contribution >= 0.6 is 0 Å². The maximum Gasteiger partial charge on any atom is 0.258 e. The zero-order valence-electron chi connectivity index (χ0n) is 16.3. The number of carbonyl (C=O) groups is 1. The van der Waals surface area contributed by atoms with Crippen molar-refractivity contribution in [3.05, 3.63) is 52.6 Å². The van der Waals surface area contributed by atoms with Crippen LogP contribution < -0.4 is 19.5 Å². The summed E-state index contributed by atoms with van der Waals surface area (Å²) in [5.74, 6) is 1.96. The van der Waals surface area contributed by atoms with Gasteiger partial charge in [0.25, 0.3) is 5.91 Å². The highest BCUT2D eigenvalue weighted by Crippen LogP contribution is 2.29. The molecule has 0 aromatic heterocycles. The standard InChI is InChI=1S/C21H27NO4/c1-13-9-14(2)15(3)20(10-13)26-12-21(23)22-16(4)18-11-17(24-5)7-8-19(18)25-6/h7-11,16H,12H2,1-6H3,(H,22,23). The van der Waals surface area contributed by atoms with Crippen LogP contribution in [-0.4, -0.2) is 26.7 Å². The van der Waals surface area contributed by atoms with E-state index in [1.54, 1.807) is 14.2 Å². The quantitative estimate of drug-likeness (QED) is 0.817. The summed E-state index contributed by atoms with van der Waals surface area (Å²) in [4.78, 5) is 12.3. The number of rotatable bonds is 7. The van der Waals surface area contributed by atoms with E-state index in [9.17, 15) is 4.79 Å². The summed E-state index contributed by atoms with van der Waals surface area (Å²) in [5.41, 5.74) is 4.15. The molecule has 1 atom stereocenters.